The number of hydrogen-bond donors (Lipinski definition) is 2. The number of carbonyl (C=O) groups is 2. The molecule has 1 heterocycles. The molecule has 1 aromatic carbocycles. The average Bonchev–Trinajstić information content (AvgIpc) is 2.68. The lowest BCUT2D eigenvalue weighted by Gasteiger charge is -2.09. The topological polar surface area (TPSA) is 103 Å². The van der Waals surface area contributed by atoms with E-state index in [1.165, 1.54) is 37.5 Å². The molecule has 0 aliphatic rings. The van der Waals surface area contributed by atoms with Gasteiger partial charge in [0.2, 0.25) is 0 Å². The van der Waals surface area contributed by atoms with Crippen molar-refractivity contribution in [2.75, 3.05) is 11.1 Å². The molecule has 1 aromatic heterocycles. The first-order valence-corrected chi connectivity index (χ1v) is 9.71. The molecule has 0 saturated heterocycles. The largest absolute Gasteiger partial charge is 0.478 e. The quantitative estimate of drug-likeness (QED) is 0.485. The maximum Gasteiger partial charge on any atom is 0.337 e. The molecule has 0 atom stereocenters. The summed E-state index contributed by atoms with van der Waals surface area (Å²) in [6, 6.07) is 9.41. The molecule has 7 heteroatoms. The van der Waals surface area contributed by atoms with E-state index < -0.39 is 11.9 Å². The number of unbranched alkanes of at least 4 members (excludes halogenated alkanes) is 3. The lowest BCUT2D eigenvalue weighted by Crippen LogP contribution is -2.16. The maximum atomic E-state index is 12.3. The number of aromatic nitrogens is 1. The van der Waals surface area contributed by atoms with Crippen molar-refractivity contribution in [1.82, 2.24) is 4.98 Å². The van der Waals surface area contributed by atoms with Crippen molar-refractivity contribution in [3.8, 4) is 6.07 Å². The summed E-state index contributed by atoms with van der Waals surface area (Å²) in [6.45, 7) is 2.18. The van der Waals surface area contributed by atoms with E-state index in [0.29, 0.717) is 0 Å². The number of rotatable bonds is 9. The molecule has 140 valence electrons. The summed E-state index contributed by atoms with van der Waals surface area (Å²) in [5.74, 6) is -0.702. The van der Waals surface area contributed by atoms with E-state index in [1.807, 2.05) is 12.1 Å². The molecule has 0 fully saturated rings. The molecule has 0 aliphatic carbocycles. The van der Waals surface area contributed by atoms with E-state index >= 15 is 0 Å². The van der Waals surface area contributed by atoms with Gasteiger partial charge in [0.25, 0.3) is 5.91 Å². The Balaban J connectivity index is 2.00. The van der Waals surface area contributed by atoms with Crippen LogP contribution in [-0.2, 0) is 0 Å². The number of nitrogens with zero attached hydrogens (tertiary/aromatic N) is 2. The highest BCUT2D eigenvalue weighted by Crippen LogP contribution is 2.21. The van der Waals surface area contributed by atoms with E-state index in [4.69, 9.17) is 5.26 Å². The number of amides is 1. The highest BCUT2D eigenvalue weighted by atomic mass is 32.2. The summed E-state index contributed by atoms with van der Waals surface area (Å²) < 4.78 is 0. The molecular weight excluding hydrogens is 362 g/mol. The lowest BCUT2D eigenvalue weighted by molar-refractivity contribution is 0.0698. The van der Waals surface area contributed by atoms with Gasteiger partial charge in [-0.05, 0) is 42.5 Å². The van der Waals surface area contributed by atoms with E-state index in [1.54, 1.807) is 24.0 Å². The van der Waals surface area contributed by atoms with Gasteiger partial charge in [-0.2, -0.15) is 5.26 Å². The minimum absolute atomic E-state index is 0.127. The van der Waals surface area contributed by atoms with Gasteiger partial charge in [0.1, 0.15) is 5.69 Å². The van der Waals surface area contributed by atoms with E-state index in [-0.39, 0.29) is 22.5 Å². The van der Waals surface area contributed by atoms with Crippen molar-refractivity contribution in [2.45, 2.75) is 37.5 Å². The van der Waals surface area contributed by atoms with E-state index in [2.05, 4.69) is 17.2 Å². The van der Waals surface area contributed by atoms with Crippen LogP contribution in [0.2, 0.25) is 0 Å². The standard InChI is InChI=1S/C20H21N3O3S/c1-2-3-4-5-10-27-15-7-9-18(22-13-15)19(24)23-17-8-6-14(12-21)11-16(17)20(25)26/h6-9,11,13H,2-5,10H2,1H3,(H,23,24)(H,25,26). The number of carbonyl (C=O) groups excluding carboxylic acids is 1. The number of benzene rings is 1. The van der Waals surface area contributed by atoms with Crippen LogP contribution in [-0.4, -0.2) is 27.7 Å². The molecule has 0 aliphatic heterocycles. The first-order valence-electron chi connectivity index (χ1n) is 8.72. The molecule has 6 nitrogen and oxygen atoms in total. The van der Waals surface area contributed by atoms with Crippen molar-refractivity contribution in [3.05, 3.63) is 53.3 Å². The van der Waals surface area contributed by atoms with Crippen LogP contribution in [0.1, 0.15) is 59.0 Å². The van der Waals surface area contributed by atoms with Gasteiger partial charge < -0.3 is 10.4 Å². The Bertz CT molecular complexity index is 845. The summed E-state index contributed by atoms with van der Waals surface area (Å²) in [4.78, 5) is 28.8. The smallest absolute Gasteiger partial charge is 0.337 e. The van der Waals surface area contributed by atoms with E-state index in [0.717, 1.165) is 17.1 Å². The van der Waals surface area contributed by atoms with Gasteiger partial charge in [-0.25, -0.2) is 9.78 Å². The van der Waals surface area contributed by atoms with Crippen LogP contribution < -0.4 is 5.32 Å². The zero-order valence-corrected chi connectivity index (χ0v) is 15.9. The van der Waals surface area contributed by atoms with Crippen LogP contribution in [0.4, 0.5) is 5.69 Å². The van der Waals surface area contributed by atoms with Crippen LogP contribution in [0.15, 0.2) is 41.4 Å². The second-order valence-corrected chi connectivity index (χ2v) is 7.09. The van der Waals surface area contributed by atoms with E-state index in [9.17, 15) is 14.7 Å². The monoisotopic (exact) mass is 383 g/mol. The summed E-state index contributed by atoms with van der Waals surface area (Å²) >= 11 is 1.70. The summed E-state index contributed by atoms with van der Waals surface area (Å²) in [6.07, 6.45) is 6.46. The third-order valence-corrected chi connectivity index (χ3v) is 4.93. The van der Waals surface area contributed by atoms with Crippen molar-refractivity contribution in [1.29, 1.82) is 5.26 Å². The van der Waals surface area contributed by atoms with Crippen LogP contribution >= 0.6 is 11.8 Å². The number of aromatic carboxylic acids is 1. The van der Waals surface area contributed by atoms with Gasteiger partial charge >= 0.3 is 5.97 Å². The third kappa shape index (κ3) is 6.12. The number of pyridine rings is 1. The number of thioether (sulfide) groups is 1. The zero-order valence-electron chi connectivity index (χ0n) is 15.1. The number of hydrogen-bond acceptors (Lipinski definition) is 5. The molecule has 0 bridgehead atoms. The number of nitriles is 1. The fraction of sp³-hybridized carbons (Fsp3) is 0.300. The summed E-state index contributed by atoms with van der Waals surface area (Å²) in [5.41, 5.74) is 0.402. The van der Waals surface area contributed by atoms with Crippen molar-refractivity contribution >= 4 is 29.3 Å². The third-order valence-electron chi connectivity index (χ3n) is 3.86. The predicted octanol–water partition coefficient (Wildman–Crippen LogP) is 4.58. The van der Waals surface area contributed by atoms with Gasteiger partial charge in [0.05, 0.1) is 22.9 Å². The number of carboxylic acid groups (broad SMARTS) is 1. The molecule has 2 N–H and O–H groups in total. The van der Waals surface area contributed by atoms with Crippen LogP contribution in [0.5, 0.6) is 0 Å². The Hall–Kier alpha value is -2.85. The molecular formula is C20H21N3O3S. The van der Waals surface area contributed by atoms with Gasteiger partial charge in [0, 0.05) is 11.1 Å². The molecule has 2 rings (SSSR count). The Kier molecular flexibility index (Phi) is 7.83. The molecule has 1 amide bonds. The molecule has 0 saturated carbocycles. The number of carboxylic acids is 1. The van der Waals surface area contributed by atoms with Crippen LogP contribution in [0.3, 0.4) is 0 Å². The summed E-state index contributed by atoms with van der Waals surface area (Å²) in [7, 11) is 0. The van der Waals surface area contributed by atoms with Gasteiger partial charge in [-0.15, -0.1) is 11.8 Å². The van der Waals surface area contributed by atoms with Crippen molar-refractivity contribution in [3.63, 3.8) is 0 Å². The highest BCUT2D eigenvalue weighted by Gasteiger charge is 2.15. The Labute approximate surface area is 162 Å². The predicted molar refractivity (Wildman–Crippen MR) is 105 cm³/mol. The molecule has 27 heavy (non-hydrogen) atoms. The fourth-order valence-electron chi connectivity index (χ4n) is 2.40. The molecule has 0 unspecified atom stereocenters. The van der Waals surface area contributed by atoms with Crippen LogP contribution in [0.25, 0.3) is 0 Å². The first kappa shape index (κ1) is 20.5. The normalized spacial score (nSPS) is 10.2. The van der Waals surface area contributed by atoms with Gasteiger partial charge in [-0.1, -0.05) is 26.2 Å². The summed E-state index contributed by atoms with van der Waals surface area (Å²) in [5, 5.41) is 20.7. The van der Waals surface area contributed by atoms with Crippen LogP contribution in [0, 0.1) is 11.3 Å². The number of nitrogens with one attached hydrogen (secondary N) is 1. The molecule has 2 aromatic rings. The van der Waals surface area contributed by atoms with Gasteiger partial charge in [0.15, 0.2) is 0 Å². The lowest BCUT2D eigenvalue weighted by atomic mass is 10.1. The Morgan fingerprint density at radius 1 is 1.22 bits per heavy atom. The Morgan fingerprint density at radius 3 is 2.67 bits per heavy atom. The molecule has 0 radical (unpaired) electrons. The highest BCUT2D eigenvalue weighted by molar-refractivity contribution is 7.99. The minimum atomic E-state index is -1.22. The second kappa shape index (κ2) is 10.3. The van der Waals surface area contributed by atoms with Crippen molar-refractivity contribution in [2.24, 2.45) is 0 Å². The fourth-order valence-corrected chi connectivity index (χ4v) is 3.28. The zero-order chi connectivity index (χ0) is 19.6. The number of anilines is 1. The minimum Gasteiger partial charge on any atom is -0.478 e. The van der Waals surface area contributed by atoms with Gasteiger partial charge in [-0.3, -0.25) is 4.79 Å². The SMILES string of the molecule is CCCCCCSc1ccc(C(=O)Nc2ccc(C#N)cc2C(=O)O)nc1. The average molecular weight is 383 g/mol. The maximum absolute atomic E-state index is 12.3. The molecule has 0 spiro atoms. The second-order valence-electron chi connectivity index (χ2n) is 5.92. The first-order chi connectivity index (χ1) is 13.0. The van der Waals surface area contributed by atoms with Crippen molar-refractivity contribution < 1.29 is 14.7 Å². The Morgan fingerprint density at radius 2 is 2.04 bits per heavy atom.